The van der Waals surface area contributed by atoms with Gasteiger partial charge < -0.3 is 20.3 Å². The summed E-state index contributed by atoms with van der Waals surface area (Å²) in [6, 6.07) is 16.4. The van der Waals surface area contributed by atoms with E-state index in [2.05, 4.69) is 15.6 Å². The summed E-state index contributed by atoms with van der Waals surface area (Å²) < 4.78 is 5.52. The molecule has 0 saturated carbocycles. The van der Waals surface area contributed by atoms with E-state index in [0.717, 1.165) is 24.0 Å². The van der Waals surface area contributed by atoms with Gasteiger partial charge in [-0.15, -0.1) is 11.3 Å². The van der Waals surface area contributed by atoms with E-state index in [-0.39, 0.29) is 24.1 Å². The van der Waals surface area contributed by atoms with Crippen LogP contribution in [0.3, 0.4) is 0 Å². The molecule has 2 aliphatic heterocycles. The minimum atomic E-state index is -0.597. The maximum atomic E-state index is 13.6. The van der Waals surface area contributed by atoms with Gasteiger partial charge in [-0.2, -0.15) is 0 Å². The van der Waals surface area contributed by atoms with E-state index in [0.29, 0.717) is 50.3 Å². The van der Waals surface area contributed by atoms with Crippen LogP contribution < -0.4 is 15.5 Å². The number of hydrogen-bond donors (Lipinski definition) is 2. The molecule has 0 bridgehead atoms. The second-order valence-corrected chi connectivity index (χ2v) is 12.8. The first-order chi connectivity index (χ1) is 20.1. The number of hydrogen-bond acceptors (Lipinski definition) is 6. The van der Waals surface area contributed by atoms with Crippen LogP contribution in [0.25, 0.3) is 21.3 Å². The number of likely N-dealkylation sites (tertiary alicyclic amines) is 1. The molecule has 2 aromatic carbocycles. The van der Waals surface area contributed by atoms with Crippen molar-refractivity contribution in [2.24, 2.45) is 0 Å². The van der Waals surface area contributed by atoms with Crippen molar-refractivity contribution in [1.29, 1.82) is 0 Å². The highest BCUT2D eigenvalue weighted by Gasteiger charge is 2.34. The summed E-state index contributed by atoms with van der Waals surface area (Å²) in [5, 5.41) is 7.36. The Hall–Kier alpha value is -4.15. The Morgan fingerprint density at radius 2 is 1.88 bits per heavy atom. The smallest absolute Gasteiger partial charge is 0.410 e. The van der Waals surface area contributed by atoms with Crippen molar-refractivity contribution < 1.29 is 19.1 Å². The van der Waals surface area contributed by atoms with Gasteiger partial charge in [-0.1, -0.05) is 35.9 Å². The Kier molecular flexibility index (Phi) is 7.28. The second-order valence-electron chi connectivity index (χ2n) is 11.4. The highest BCUT2D eigenvalue weighted by molar-refractivity contribution is 7.21. The molecule has 42 heavy (non-hydrogen) atoms. The summed E-state index contributed by atoms with van der Waals surface area (Å²) in [4.78, 5) is 48.5. The third-order valence-corrected chi connectivity index (χ3v) is 8.45. The number of benzene rings is 2. The quantitative estimate of drug-likeness (QED) is 0.252. The second kappa shape index (κ2) is 10.9. The Labute approximate surface area is 252 Å². The van der Waals surface area contributed by atoms with E-state index in [1.807, 2.05) is 69.3 Å². The van der Waals surface area contributed by atoms with Gasteiger partial charge in [0.15, 0.2) is 0 Å². The summed E-state index contributed by atoms with van der Waals surface area (Å²) >= 11 is 7.44. The lowest BCUT2D eigenvalue weighted by atomic mass is 10.0. The Morgan fingerprint density at radius 1 is 1.12 bits per heavy atom. The molecule has 0 unspecified atom stereocenters. The van der Waals surface area contributed by atoms with Crippen molar-refractivity contribution in [3.63, 3.8) is 0 Å². The van der Waals surface area contributed by atoms with Gasteiger partial charge in [0, 0.05) is 30.4 Å². The number of carbonyl (C=O) groups is 3. The molecule has 1 saturated heterocycles. The number of anilines is 3. The number of nitrogens with one attached hydrogen (secondary N) is 2. The summed E-state index contributed by atoms with van der Waals surface area (Å²) in [6.45, 7) is 6.42. The molecule has 6 rings (SSSR count). The van der Waals surface area contributed by atoms with Gasteiger partial charge >= 0.3 is 12.1 Å². The molecular weight excluding hydrogens is 574 g/mol. The largest absolute Gasteiger partial charge is 0.444 e. The van der Waals surface area contributed by atoms with Gasteiger partial charge in [0.2, 0.25) is 0 Å². The van der Waals surface area contributed by atoms with Crippen molar-refractivity contribution in [1.82, 2.24) is 15.2 Å². The maximum Gasteiger partial charge on any atom is 0.410 e. The first-order valence-electron chi connectivity index (χ1n) is 13.7. The Bertz CT molecular complexity index is 1720. The first kappa shape index (κ1) is 28.0. The molecule has 4 heterocycles. The molecular formula is C31H30ClN5O4S. The Morgan fingerprint density at radius 3 is 2.64 bits per heavy atom. The predicted molar refractivity (Wildman–Crippen MR) is 166 cm³/mol. The van der Waals surface area contributed by atoms with Crippen LogP contribution in [0, 0.1) is 0 Å². The normalized spacial score (nSPS) is 16.8. The van der Waals surface area contributed by atoms with Crippen molar-refractivity contribution in [3.05, 3.63) is 70.7 Å². The van der Waals surface area contributed by atoms with E-state index in [1.54, 1.807) is 22.1 Å². The highest BCUT2D eigenvalue weighted by atomic mass is 35.5. The maximum absolute atomic E-state index is 13.6. The van der Waals surface area contributed by atoms with Crippen LogP contribution >= 0.6 is 22.9 Å². The lowest BCUT2D eigenvalue weighted by molar-refractivity contribution is 0.0185. The number of halogens is 1. The number of rotatable bonds is 4. The molecule has 2 aliphatic rings. The Balaban J connectivity index is 1.28. The molecule has 0 aliphatic carbocycles. The SMILES string of the molecule is CC(C)(C)OC(=O)N1CCC[C@@H](NC(=O)c2sc3nccc4c3c2NC(=O)N4c2cccc(-c3cccc(Cl)c3)c2)C1. The number of nitrogens with zero attached hydrogens (tertiary/aromatic N) is 3. The van der Waals surface area contributed by atoms with Gasteiger partial charge in [-0.3, -0.25) is 9.69 Å². The zero-order chi connectivity index (χ0) is 29.6. The molecule has 4 aromatic rings. The van der Waals surface area contributed by atoms with E-state index in [4.69, 9.17) is 16.3 Å². The van der Waals surface area contributed by atoms with E-state index in [9.17, 15) is 14.4 Å². The molecule has 9 nitrogen and oxygen atoms in total. The van der Waals surface area contributed by atoms with Crippen molar-refractivity contribution in [2.45, 2.75) is 45.3 Å². The van der Waals surface area contributed by atoms with Crippen LogP contribution in [0.1, 0.15) is 43.3 Å². The zero-order valence-electron chi connectivity index (χ0n) is 23.4. The van der Waals surface area contributed by atoms with Gasteiger partial charge in [0.05, 0.1) is 22.4 Å². The third-order valence-electron chi connectivity index (χ3n) is 7.12. The lowest BCUT2D eigenvalue weighted by Gasteiger charge is -2.34. The fraction of sp³-hybridized carbons (Fsp3) is 0.290. The number of urea groups is 1. The zero-order valence-corrected chi connectivity index (χ0v) is 25.0. The van der Waals surface area contributed by atoms with Crippen LogP contribution in [0.2, 0.25) is 5.02 Å². The standard InChI is InChI=1S/C31H30ClN5O4S/c1-31(2,3)41-30(40)36-14-6-10-21(17-36)34-27(38)26-25-24-23(12-13-33-28(24)42-26)37(29(39)35-25)22-11-5-8-19(16-22)18-7-4-9-20(32)15-18/h4-5,7-9,11-13,15-16,21H,6,10,14,17H2,1-3H3,(H,34,38)(H,35,39)/t21-/m1/s1. The summed E-state index contributed by atoms with van der Waals surface area (Å²) in [5.74, 6) is -0.313. The average Bonchev–Trinajstić information content (AvgIpc) is 3.32. The molecule has 4 amide bonds. The molecule has 1 fully saturated rings. The number of aromatic nitrogens is 1. The number of carbonyl (C=O) groups excluding carboxylic acids is 3. The topological polar surface area (TPSA) is 104 Å². The minimum absolute atomic E-state index is 0.242. The first-order valence-corrected chi connectivity index (χ1v) is 14.9. The van der Waals surface area contributed by atoms with Crippen molar-refractivity contribution in [3.8, 4) is 11.1 Å². The molecule has 2 aromatic heterocycles. The highest BCUT2D eigenvalue weighted by Crippen LogP contribution is 2.46. The van der Waals surface area contributed by atoms with Gasteiger partial charge in [0.25, 0.3) is 5.91 Å². The number of thiophene rings is 1. The summed E-state index contributed by atoms with van der Waals surface area (Å²) in [6.07, 6.45) is 2.73. The third kappa shape index (κ3) is 5.52. The van der Waals surface area contributed by atoms with Crippen LogP contribution in [0.5, 0.6) is 0 Å². The number of amides is 4. The minimum Gasteiger partial charge on any atom is -0.444 e. The molecule has 11 heteroatoms. The summed E-state index contributed by atoms with van der Waals surface area (Å²) in [7, 11) is 0. The predicted octanol–water partition coefficient (Wildman–Crippen LogP) is 7.43. The number of piperidine rings is 1. The van der Waals surface area contributed by atoms with Gasteiger partial charge in [0.1, 0.15) is 15.3 Å². The van der Waals surface area contributed by atoms with Gasteiger partial charge in [-0.05, 0) is 75.1 Å². The van der Waals surface area contributed by atoms with E-state index >= 15 is 0 Å². The van der Waals surface area contributed by atoms with Crippen molar-refractivity contribution >= 4 is 68.2 Å². The molecule has 216 valence electrons. The molecule has 0 radical (unpaired) electrons. The van der Waals surface area contributed by atoms with E-state index < -0.39 is 5.60 Å². The monoisotopic (exact) mass is 603 g/mol. The van der Waals surface area contributed by atoms with Crippen LogP contribution in [-0.2, 0) is 4.74 Å². The molecule has 0 spiro atoms. The van der Waals surface area contributed by atoms with Gasteiger partial charge in [-0.25, -0.2) is 14.6 Å². The van der Waals surface area contributed by atoms with Crippen LogP contribution in [0.15, 0.2) is 60.8 Å². The van der Waals surface area contributed by atoms with Crippen molar-refractivity contribution in [2.75, 3.05) is 23.3 Å². The molecule has 1 atom stereocenters. The lowest BCUT2D eigenvalue weighted by Crippen LogP contribution is -2.50. The van der Waals surface area contributed by atoms with Crippen LogP contribution in [-0.4, -0.2) is 52.6 Å². The molecule has 2 N–H and O–H groups in total. The van der Waals surface area contributed by atoms with Crippen LogP contribution in [0.4, 0.5) is 26.7 Å². The summed E-state index contributed by atoms with van der Waals surface area (Å²) in [5.41, 5.74) is 3.01. The fourth-order valence-electron chi connectivity index (χ4n) is 5.33. The number of pyridine rings is 1. The fourth-order valence-corrected chi connectivity index (χ4v) is 6.54. The number of ether oxygens (including phenoxy) is 1. The van der Waals surface area contributed by atoms with E-state index in [1.165, 1.54) is 11.3 Å². The average molecular weight is 604 g/mol.